The molecule has 0 heterocycles. The lowest BCUT2D eigenvalue weighted by Crippen LogP contribution is -2.65. The van der Waals surface area contributed by atoms with Crippen LogP contribution in [-0.4, -0.2) is 34.0 Å². The van der Waals surface area contributed by atoms with Crippen molar-refractivity contribution in [2.75, 3.05) is 6.61 Å². The molecule has 0 aromatic carbocycles. The quantitative estimate of drug-likeness (QED) is 0.782. The third-order valence-corrected chi connectivity index (χ3v) is 6.18. The van der Waals surface area contributed by atoms with Crippen molar-refractivity contribution >= 4 is 5.97 Å². The Hall–Kier alpha value is -0.610. The average Bonchev–Trinajstić information content (AvgIpc) is 2.35. The van der Waals surface area contributed by atoms with E-state index in [1.165, 1.54) is 0 Å². The molecule has 2 N–H and O–H groups in total. The molecular weight excluding hydrogens is 268 g/mol. The number of esters is 1. The van der Waals surface area contributed by atoms with Gasteiger partial charge in [0.15, 0.2) is 0 Å². The van der Waals surface area contributed by atoms with Crippen molar-refractivity contribution in [3.63, 3.8) is 0 Å². The summed E-state index contributed by atoms with van der Waals surface area (Å²) in [4.78, 5) is 12.5. The van der Waals surface area contributed by atoms with Crippen LogP contribution in [-0.2, 0) is 9.53 Å². The Morgan fingerprint density at radius 3 is 2.52 bits per heavy atom. The molecular formula is C17H28O4. The van der Waals surface area contributed by atoms with E-state index in [1.54, 1.807) is 0 Å². The number of carbonyl (C=O) groups is 1. The molecule has 4 aliphatic carbocycles. The molecule has 4 bridgehead atoms. The number of hydrogen-bond donors (Lipinski definition) is 2. The molecule has 120 valence electrons. The summed E-state index contributed by atoms with van der Waals surface area (Å²) in [5.74, 6) is 0.208. The summed E-state index contributed by atoms with van der Waals surface area (Å²) in [6.45, 7) is 5.89. The molecule has 0 aliphatic heterocycles. The van der Waals surface area contributed by atoms with Gasteiger partial charge in [-0.05, 0) is 58.3 Å². The first kappa shape index (κ1) is 15.3. The summed E-state index contributed by atoms with van der Waals surface area (Å²) in [5, 5.41) is 20.7. The van der Waals surface area contributed by atoms with Crippen molar-refractivity contribution in [1.29, 1.82) is 0 Å². The van der Waals surface area contributed by atoms with Gasteiger partial charge in [-0.2, -0.15) is 0 Å². The van der Waals surface area contributed by atoms with Crippen molar-refractivity contribution in [3.05, 3.63) is 0 Å². The van der Waals surface area contributed by atoms with E-state index in [0.717, 1.165) is 25.7 Å². The minimum absolute atomic E-state index is 0.0856. The van der Waals surface area contributed by atoms with Crippen molar-refractivity contribution < 1.29 is 19.7 Å². The molecule has 0 aromatic heterocycles. The Kier molecular flexibility index (Phi) is 3.24. The maximum Gasteiger partial charge on any atom is 0.312 e. The van der Waals surface area contributed by atoms with Gasteiger partial charge in [0.2, 0.25) is 0 Å². The lowest BCUT2D eigenvalue weighted by atomic mass is 9.46. The van der Waals surface area contributed by atoms with E-state index >= 15 is 0 Å². The van der Waals surface area contributed by atoms with Crippen molar-refractivity contribution in [2.24, 2.45) is 16.7 Å². The fraction of sp³-hybridized carbons (Fsp3) is 0.941. The van der Waals surface area contributed by atoms with Gasteiger partial charge < -0.3 is 14.9 Å². The second-order valence-corrected chi connectivity index (χ2v) is 8.70. The zero-order chi connectivity index (χ0) is 15.5. The van der Waals surface area contributed by atoms with E-state index in [9.17, 15) is 15.0 Å². The lowest BCUT2D eigenvalue weighted by molar-refractivity contribution is -0.252. The van der Waals surface area contributed by atoms with Crippen LogP contribution in [0.4, 0.5) is 0 Å². The topological polar surface area (TPSA) is 66.8 Å². The van der Waals surface area contributed by atoms with Gasteiger partial charge in [-0.3, -0.25) is 4.79 Å². The van der Waals surface area contributed by atoms with Crippen LogP contribution in [0.25, 0.3) is 0 Å². The number of rotatable bonds is 4. The van der Waals surface area contributed by atoms with E-state index in [-0.39, 0.29) is 18.0 Å². The molecule has 4 atom stereocenters. The van der Waals surface area contributed by atoms with E-state index in [1.807, 2.05) is 20.8 Å². The van der Waals surface area contributed by atoms with E-state index in [0.29, 0.717) is 25.2 Å². The van der Waals surface area contributed by atoms with Crippen molar-refractivity contribution in [3.8, 4) is 0 Å². The molecule has 4 saturated carbocycles. The molecule has 4 aliphatic rings. The molecule has 4 heteroatoms. The summed E-state index contributed by atoms with van der Waals surface area (Å²) in [5.41, 5.74) is -2.04. The zero-order valence-electron chi connectivity index (χ0n) is 13.4. The summed E-state index contributed by atoms with van der Waals surface area (Å²) < 4.78 is 5.99. The zero-order valence-corrected chi connectivity index (χ0v) is 13.4. The fourth-order valence-electron chi connectivity index (χ4n) is 5.26. The first-order valence-electron chi connectivity index (χ1n) is 8.22. The third kappa shape index (κ3) is 2.40. The average molecular weight is 296 g/mol. The molecule has 0 saturated heterocycles. The highest BCUT2D eigenvalue weighted by atomic mass is 16.6. The fourth-order valence-corrected chi connectivity index (χ4v) is 5.26. The van der Waals surface area contributed by atoms with Crippen LogP contribution in [0.5, 0.6) is 0 Å². The Balaban J connectivity index is 1.86. The van der Waals surface area contributed by atoms with Crippen LogP contribution >= 0.6 is 0 Å². The Bertz CT molecular complexity index is 460. The van der Waals surface area contributed by atoms with Gasteiger partial charge in [0, 0.05) is 18.4 Å². The highest BCUT2D eigenvalue weighted by Gasteiger charge is 2.64. The van der Waals surface area contributed by atoms with Crippen LogP contribution in [0.15, 0.2) is 0 Å². The Morgan fingerprint density at radius 2 is 1.95 bits per heavy atom. The predicted molar refractivity (Wildman–Crippen MR) is 78.6 cm³/mol. The largest absolute Gasteiger partial charge is 0.459 e. The summed E-state index contributed by atoms with van der Waals surface area (Å²) in [7, 11) is 0. The normalized spacial score (nSPS) is 44.9. The van der Waals surface area contributed by atoms with Crippen molar-refractivity contribution in [1.82, 2.24) is 0 Å². The van der Waals surface area contributed by atoms with Crippen LogP contribution in [0.3, 0.4) is 0 Å². The molecule has 21 heavy (non-hydrogen) atoms. The monoisotopic (exact) mass is 296 g/mol. The third-order valence-electron chi connectivity index (χ3n) is 6.18. The molecule has 4 unspecified atom stereocenters. The minimum Gasteiger partial charge on any atom is -0.459 e. The standard InChI is InChI=1S/C17H28O4/c1-4-14(2,3)13(19)21-17-7-12-5-15(9-17,11-18)8-16(20,6-12)10-17/h12,18,20H,4-11H2,1-3H3. The summed E-state index contributed by atoms with van der Waals surface area (Å²) in [6.07, 6.45) is 5.25. The number of ether oxygens (including phenoxy) is 1. The summed E-state index contributed by atoms with van der Waals surface area (Å²) in [6, 6.07) is 0. The predicted octanol–water partition coefficient (Wildman–Crippen LogP) is 2.41. The van der Waals surface area contributed by atoms with Gasteiger partial charge >= 0.3 is 5.97 Å². The smallest absolute Gasteiger partial charge is 0.312 e. The number of aliphatic hydroxyl groups excluding tert-OH is 1. The van der Waals surface area contributed by atoms with Crippen LogP contribution in [0.1, 0.15) is 65.7 Å². The Labute approximate surface area is 126 Å². The first-order chi connectivity index (χ1) is 9.66. The molecule has 0 radical (unpaired) electrons. The van der Waals surface area contributed by atoms with E-state index in [4.69, 9.17) is 4.74 Å². The molecule has 0 amide bonds. The number of aliphatic hydroxyl groups is 2. The molecule has 0 spiro atoms. The molecule has 0 aromatic rings. The maximum atomic E-state index is 12.5. The van der Waals surface area contributed by atoms with Gasteiger partial charge in [0.25, 0.3) is 0 Å². The first-order valence-corrected chi connectivity index (χ1v) is 8.22. The molecule has 4 rings (SSSR count). The minimum atomic E-state index is -0.751. The Morgan fingerprint density at radius 1 is 1.24 bits per heavy atom. The van der Waals surface area contributed by atoms with Gasteiger partial charge in [-0.25, -0.2) is 0 Å². The van der Waals surface area contributed by atoms with Gasteiger partial charge in [0.1, 0.15) is 5.60 Å². The van der Waals surface area contributed by atoms with Gasteiger partial charge in [-0.1, -0.05) is 6.92 Å². The second kappa shape index (κ2) is 4.45. The van der Waals surface area contributed by atoms with E-state index < -0.39 is 16.6 Å². The van der Waals surface area contributed by atoms with Crippen molar-refractivity contribution in [2.45, 2.75) is 76.9 Å². The second-order valence-electron chi connectivity index (χ2n) is 8.70. The SMILES string of the molecule is CCC(C)(C)C(=O)OC12CC3CC(O)(CC(CO)(C3)C1)C2. The van der Waals surface area contributed by atoms with E-state index in [2.05, 4.69) is 0 Å². The summed E-state index contributed by atoms with van der Waals surface area (Å²) >= 11 is 0. The highest BCUT2D eigenvalue weighted by molar-refractivity contribution is 5.76. The molecule has 4 nitrogen and oxygen atoms in total. The highest BCUT2D eigenvalue weighted by Crippen LogP contribution is 2.64. The van der Waals surface area contributed by atoms with Crippen LogP contribution < -0.4 is 0 Å². The molecule has 4 fully saturated rings. The van der Waals surface area contributed by atoms with Crippen LogP contribution in [0.2, 0.25) is 0 Å². The number of hydrogen-bond acceptors (Lipinski definition) is 4. The lowest BCUT2D eigenvalue weighted by Gasteiger charge is -2.63. The van der Waals surface area contributed by atoms with Crippen LogP contribution in [0, 0.1) is 16.7 Å². The maximum absolute atomic E-state index is 12.5. The number of carbonyl (C=O) groups excluding carboxylic acids is 1. The van der Waals surface area contributed by atoms with Gasteiger partial charge in [-0.15, -0.1) is 0 Å². The van der Waals surface area contributed by atoms with Gasteiger partial charge in [0.05, 0.1) is 11.0 Å².